The van der Waals surface area contributed by atoms with Gasteiger partial charge in [-0.25, -0.2) is 0 Å². The second-order valence-corrected chi connectivity index (χ2v) is 6.56. The summed E-state index contributed by atoms with van der Waals surface area (Å²) in [7, 11) is 0. The van der Waals surface area contributed by atoms with Gasteiger partial charge in [-0.1, -0.05) is 36.8 Å². The van der Waals surface area contributed by atoms with E-state index in [2.05, 4.69) is 72.6 Å². The van der Waals surface area contributed by atoms with E-state index in [-0.39, 0.29) is 0 Å². The minimum absolute atomic E-state index is 0.877. The van der Waals surface area contributed by atoms with Crippen LogP contribution in [-0.2, 0) is 6.54 Å². The van der Waals surface area contributed by atoms with Crippen LogP contribution in [-0.4, -0.2) is 13.1 Å². The highest BCUT2D eigenvalue weighted by Gasteiger charge is 2.15. The van der Waals surface area contributed by atoms with Crippen molar-refractivity contribution in [1.29, 1.82) is 0 Å². The molecular weight excluding hydrogens is 268 g/mol. The van der Waals surface area contributed by atoms with Crippen molar-refractivity contribution in [3.8, 4) is 0 Å². The number of nitrogens with one attached hydrogen (secondary N) is 1. The maximum atomic E-state index is 3.51. The lowest BCUT2D eigenvalue weighted by Crippen LogP contribution is -2.32. The first-order valence-electron chi connectivity index (χ1n) is 8.35. The van der Waals surface area contributed by atoms with Crippen molar-refractivity contribution in [3.63, 3.8) is 0 Å². The number of piperidine rings is 1. The average molecular weight is 294 g/mol. The second-order valence-electron chi connectivity index (χ2n) is 6.56. The predicted octanol–water partition coefficient (Wildman–Crippen LogP) is 4.84. The molecule has 22 heavy (non-hydrogen) atoms. The number of hydrogen-bond donors (Lipinski definition) is 1. The number of hydrogen-bond acceptors (Lipinski definition) is 2. The molecule has 2 aromatic carbocycles. The Morgan fingerprint density at radius 3 is 2.45 bits per heavy atom. The van der Waals surface area contributed by atoms with E-state index in [0.717, 1.165) is 12.5 Å². The molecule has 0 atom stereocenters. The van der Waals surface area contributed by atoms with E-state index in [1.165, 1.54) is 48.4 Å². The average Bonchev–Trinajstić information content (AvgIpc) is 2.54. The number of benzene rings is 2. The van der Waals surface area contributed by atoms with Crippen LogP contribution < -0.4 is 10.2 Å². The van der Waals surface area contributed by atoms with Gasteiger partial charge in [-0.2, -0.15) is 0 Å². The van der Waals surface area contributed by atoms with Crippen molar-refractivity contribution in [2.45, 2.75) is 33.2 Å². The lowest BCUT2D eigenvalue weighted by atomic mass is 9.99. The Morgan fingerprint density at radius 1 is 1.05 bits per heavy atom. The van der Waals surface area contributed by atoms with E-state index >= 15 is 0 Å². The first kappa shape index (κ1) is 15.0. The van der Waals surface area contributed by atoms with E-state index in [4.69, 9.17) is 0 Å². The van der Waals surface area contributed by atoms with Crippen LogP contribution in [0.25, 0.3) is 0 Å². The maximum Gasteiger partial charge on any atom is 0.0400 e. The Hall–Kier alpha value is -1.96. The van der Waals surface area contributed by atoms with Crippen LogP contribution in [0.2, 0.25) is 0 Å². The van der Waals surface area contributed by atoms with Gasteiger partial charge in [-0.05, 0) is 55.5 Å². The van der Waals surface area contributed by atoms with E-state index in [9.17, 15) is 0 Å². The van der Waals surface area contributed by atoms with Gasteiger partial charge in [-0.3, -0.25) is 0 Å². The summed E-state index contributed by atoms with van der Waals surface area (Å²) in [5.74, 6) is 0.881. The van der Waals surface area contributed by atoms with Gasteiger partial charge in [0, 0.05) is 31.0 Å². The molecule has 1 aliphatic rings. The van der Waals surface area contributed by atoms with Gasteiger partial charge >= 0.3 is 0 Å². The minimum atomic E-state index is 0.877. The largest absolute Gasteiger partial charge is 0.381 e. The molecule has 0 spiro atoms. The molecule has 0 radical (unpaired) electrons. The third-order valence-electron chi connectivity index (χ3n) is 4.60. The zero-order chi connectivity index (χ0) is 15.4. The van der Waals surface area contributed by atoms with E-state index in [0.29, 0.717) is 0 Å². The fourth-order valence-electron chi connectivity index (χ4n) is 3.08. The zero-order valence-corrected chi connectivity index (χ0v) is 13.7. The number of nitrogens with zero attached hydrogens (tertiary/aromatic N) is 1. The molecule has 0 bridgehead atoms. The van der Waals surface area contributed by atoms with Crippen molar-refractivity contribution in [3.05, 3.63) is 59.7 Å². The molecule has 2 nitrogen and oxygen atoms in total. The first-order valence-corrected chi connectivity index (χ1v) is 8.35. The second kappa shape index (κ2) is 6.87. The summed E-state index contributed by atoms with van der Waals surface area (Å²) >= 11 is 0. The standard InChI is InChI=1S/C20H26N2/c1-16-10-12-22(13-11-16)20-8-6-19(7-9-20)21-15-18-5-3-4-17(2)14-18/h3-9,14,16,21H,10-13,15H2,1-2H3. The fourth-order valence-corrected chi connectivity index (χ4v) is 3.08. The van der Waals surface area contributed by atoms with Gasteiger partial charge in [-0.15, -0.1) is 0 Å². The molecule has 1 saturated heterocycles. The molecule has 1 heterocycles. The Balaban J connectivity index is 1.57. The number of anilines is 2. The minimum Gasteiger partial charge on any atom is -0.381 e. The molecule has 0 saturated carbocycles. The van der Waals surface area contributed by atoms with Crippen LogP contribution in [0.4, 0.5) is 11.4 Å². The van der Waals surface area contributed by atoms with E-state index in [1.54, 1.807) is 0 Å². The van der Waals surface area contributed by atoms with Crippen molar-refractivity contribution in [1.82, 2.24) is 0 Å². The molecule has 3 rings (SSSR count). The van der Waals surface area contributed by atoms with Crippen LogP contribution in [0.15, 0.2) is 48.5 Å². The number of rotatable bonds is 4. The summed E-state index contributed by atoms with van der Waals surface area (Å²) in [6.45, 7) is 7.75. The summed E-state index contributed by atoms with van der Waals surface area (Å²) in [6.07, 6.45) is 2.63. The van der Waals surface area contributed by atoms with E-state index in [1.807, 2.05) is 0 Å². The van der Waals surface area contributed by atoms with Gasteiger partial charge in [0.25, 0.3) is 0 Å². The van der Waals surface area contributed by atoms with Gasteiger partial charge in [0.15, 0.2) is 0 Å². The molecule has 116 valence electrons. The summed E-state index contributed by atoms with van der Waals surface area (Å²) in [5, 5.41) is 3.51. The molecule has 2 aromatic rings. The van der Waals surface area contributed by atoms with Gasteiger partial charge < -0.3 is 10.2 Å². The quantitative estimate of drug-likeness (QED) is 0.867. The summed E-state index contributed by atoms with van der Waals surface area (Å²) in [6, 6.07) is 17.5. The molecule has 0 unspecified atom stereocenters. The highest BCUT2D eigenvalue weighted by molar-refractivity contribution is 5.55. The summed E-state index contributed by atoms with van der Waals surface area (Å²) < 4.78 is 0. The Kier molecular flexibility index (Phi) is 4.67. The fraction of sp³-hybridized carbons (Fsp3) is 0.400. The molecule has 1 aliphatic heterocycles. The molecule has 0 amide bonds. The molecule has 2 heteroatoms. The molecular formula is C20H26N2. The van der Waals surface area contributed by atoms with Crippen LogP contribution in [0, 0.1) is 12.8 Å². The van der Waals surface area contributed by atoms with Crippen molar-refractivity contribution < 1.29 is 0 Å². The summed E-state index contributed by atoms with van der Waals surface area (Å²) in [4.78, 5) is 2.50. The number of aryl methyl sites for hydroxylation is 1. The SMILES string of the molecule is Cc1cccc(CNc2ccc(N3CCC(C)CC3)cc2)c1. The highest BCUT2D eigenvalue weighted by Crippen LogP contribution is 2.24. The van der Waals surface area contributed by atoms with Crippen LogP contribution in [0.5, 0.6) is 0 Å². The topological polar surface area (TPSA) is 15.3 Å². The monoisotopic (exact) mass is 294 g/mol. The van der Waals surface area contributed by atoms with Crippen molar-refractivity contribution >= 4 is 11.4 Å². The maximum absolute atomic E-state index is 3.51. The van der Waals surface area contributed by atoms with Crippen LogP contribution in [0.3, 0.4) is 0 Å². The highest BCUT2D eigenvalue weighted by atomic mass is 15.1. The smallest absolute Gasteiger partial charge is 0.0400 e. The predicted molar refractivity (Wildman–Crippen MR) is 95.6 cm³/mol. The third-order valence-corrected chi connectivity index (χ3v) is 4.60. The van der Waals surface area contributed by atoms with Crippen molar-refractivity contribution in [2.24, 2.45) is 5.92 Å². The normalized spacial score (nSPS) is 15.8. The molecule has 0 aliphatic carbocycles. The van der Waals surface area contributed by atoms with Gasteiger partial charge in [0.05, 0.1) is 0 Å². The summed E-state index contributed by atoms with van der Waals surface area (Å²) in [5.41, 5.74) is 5.19. The molecule has 1 N–H and O–H groups in total. The van der Waals surface area contributed by atoms with Crippen LogP contribution in [0.1, 0.15) is 30.9 Å². The van der Waals surface area contributed by atoms with E-state index < -0.39 is 0 Å². The Labute approximate surface area is 134 Å². The third kappa shape index (κ3) is 3.82. The van der Waals surface area contributed by atoms with Gasteiger partial charge in [0.1, 0.15) is 0 Å². The lowest BCUT2D eigenvalue weighted by molar-refractivity contribution is 0.438. The zero-order valence-electron chi connectivity index (χ0n) is 13.7. The van der Waals surface area contributed by atoms with Crippen molar-refractivity contribution in [2.75, 3.05) is 23.3 Å². The van der Waals surface area contributed by atoms with Crippen LogP contribution >= 0.6 is 0 Å². The van der Waals surface area contributed by atoms with Gasteiger partial charge in [0.2, 0.25) is 0 Å². The lowest BCUT2D eigenvalue weighted by Gasteiger charge is -2.32. The Morgan fingerprint density at radius 2 is 1.77 bits per heavy atom. The molecule has 0 aromatic heterocycles. The first-order chi connectivity index (χ1) is 10.7. The Bertz CT molecular complexity index is 595. The molecule has 1 fully saturated rings.